The maximum Gasteiger partial charge on any atom is 0.338 e. The lowest BCUT2D eigenvalue weighted by Gasteiger charge is -2.14. The number of fused-ring (bicyclic) bond motifs is 1. The Kier molecular flexibility index (Phi) is 5.75. The van der Waals surface area contributed by atoms with Crippen LogP contribution in [0.2, 0.25) is 0 Å². The van der Waals surface area contributed by atoms with Gasteiger partial charge in [-0.05, 0) is 43.3 Å². The Morgan fingerprint density at radius 1 is 1.26 bits per heavy atom. The zero-order chi connectivity index (χ0) is 19.4. The number of carbonyl (C=O) groups excluding carboxylic acids is 3. The number of benzene rings is 2. The summed E-state index contributed by atoms with van der Waals surface area (Å²) in [5.74, 6) is -1.20. The molecule has 6 nitrogen and oxygen atoms in total. The van der Waals surface area contributed by atoms with Crippen LogP contribution in [0.3, 0.4) is 0 Å². The van der Waals surface area contributed by atoms with Crippen LogP contribution < -0.4 is 10.6 Å². The number of thioether (sulfide) groups is 1. The van der Waals surface area contributed by atoms with E-state index in [-0.39, 0.29) is 17.2 Å². The molecule has 0 aliphatic carbocycles. The van der Waals surface area contributed by atoms with Gasteiger partial charge in [-0.1, -0.05) is 6.07 Å². The Balaban J connectivity index is 1.66. The van der Waals surface area contributed by atoms with Gasteiger partial charge in [0, 0.05) is 22.8 Å². The minimum absolute atomic E-state index is 0.116. The second-order valence-electron chi connectivity index (χ2n) is 5.90. The van der Waals surface area contributed by atoms with E-state index in [1.54, 1.807) is 12.1 Å². The summed E-state index contributed by atoms with van der Waals surface area (Å²) in [7, 11) is 0. The van der Waals surface area contributed by atoms with Gasteiger partial charge >= 0.3 is 5.97 Å². The van der Waals surface area contributed by atoms with Gasteiger partial charge in [0.15, 0.2) is 6.10 Å². The van der Waals surface area contributed by atoms with E-state index in [9.17, 15) is 18.8 Å². The molecule has 2 aromatic carbocycles. The fourth-order valence-electron chi connectivity index (χ4n) is 2.44. The van der Waals surface area contributed by atoms with Crippen molar-refractivity contribution in [3.63, 3.8) is 0 Å². The molecule has 2 aromatic rings. The molecule has 0 radical (unpaired) electrons. The summed E-state index contributed by atoms with van der Waals surface area (Å²) in [6.45, 7) is 1.42. The van der Waals surface area contributed by atoms with Gasteiger partial charge < -0.3 is 15.4 Å². The van der Waals surface area contributed by atoms with Crippen molar-refractivity contribution >= 4 is 40.9 Å². The third-order valence-electron chi connectivity index (χ3n) is 3.82. The van der Waals surface area contributed by atoms with E-state index in [0.29, 0.717) is 17.9 Å². The van der Waals surface area contributed by atoms with Gasteiger partial charge in [-0.3, -0.25) is 9.59 Å². The molecule has 0 saturated heterocycles. The van der Waals surface area contributed by atoms with Crippen molar-refractivity contribution in [3.05, 3.63) is 53.8 Å². The zero-order valence-corrected chi connectivity index (χ0v) is 15.3. The molecule has 0 spiro atoms. The van der Waals surface area contributed by atoms with Crippen LogP contribution >= 0.6 is 11.8 Å². The summed E-state index contributed by atoms with van der Waals surface area (Å²) in [6, 6.07) is 10.3. The molecule has 0 aromatic heterocycles. The monoisotopic (exact) mass is 388 g/mol. The molecule has 1 heterocycles. The van der Waals surface area contributed by atoms with E-state index < -0.39 is 23.8 Å². The molecule has 1 aliphatic rings. The summed E-state index contributed by atoms with van der Waals surface area (Å²) in [4.78, 5) is 37.0. The molecule has 2 amide bonds. The SMILES string of the molecule is C[C@H](OC(=O)c1ccc2c(c1)NC(=O)CCS2)C(=O)Nc1cccc(F)c1. The Morgan fingerprint density at radius 3 is 2.85 bits per heavy atom. The predicted octanol–water partition coefficient (Wildman–Crippen LogP) is 3.44. The van der Waals surface area contributed by atoms with E-state index in [1.807, 2.05) is 0 Å². The minimum atomic E-state index is -1.08. The first-order chi connectivity index (χ1) is 12.9. The summed E-state index contributed by atoms with van der Waals surface area (Å²) < 4.78 is 18.4. The van der Waals surface area contributed by atoms with Crippen molar-refractivity contribution < 1.29 is 23.5 Å². The summed E-state index contributed by atoms with van der Waals surface area (Å²) >= 11 is 1.52. The highest BCUT2D eigenvalue weighted by Crippen LogP contribution is 2.31. The van der Waals surface area contributed by atoms with Gasteiger partial charge in [-0.25, -0.2) is 9.18 Å². The topological polar surface area (TPSA) is 84.5 Å². The van der Waals surface area contributed by atoms with Crippen molar-refractivity contribution in [1.29, 1.82) is 0 Å². The third-order valence-corrected chi connectivity index (χ3v) is 4.90. The van der Waals surface area contributed by atoms with Crippen LogP contribution in [-0.4, -0.2) is 29.6 Å². The first kappa shape index (κ1) is 18.9. The summed E-state index contributed by atoms with van der Waals surface area (Å²) in [5.41, 5.74) is 1.04. The minimum Gasteiger partial charge on any atom is -0.449 e. The van der Waals surface area contributed by atoms with Crippen molar-refractivity contribution in [2.75, 3.05) is 16.4 Å². The number of hydrogen-bond donors (Lipinski definition) is 2. The van der Waals surface area contributed by atoms with Crippen LogP contribution in [0.4, 0.5) is 15.8 Å². The Bertz CT molecular complexity index is 903. The van der Waals surface area contributed by atoms with E-state index in [4.69, 9.17) is 4.74 Å². The average Bonchev–Trinajstić information content (AvgIpc) is 2.81. The number of esters is 1. The maximum absolute atomic E-state index is 13.2. The van der Waals surface area contributed by atoms with Gasteiger partial charge in [-0.2, -0.15) is 0 Å². The number of anilines is 2. The summed E-state index contributed by atoms with van der Waals surface area (Å²) in [5, 5.41) is 5.24. The number of amides is 2. The number of ether oxygens (including phenoxy) is 1. The smallest absolute Gasteiger partial charge is 0.338 e. The van der Waals surface area contributed by atoms with Crippen molar-refractivity contribution in [2.45, 2.75) is 24.3 Å². The molecule has 2 N–H and O–H groups in total. The molecule has 0 bridgehead atoms. The number of nitrogens with one attached hydrogen (secondary N) is 2. The van der Waals surface area contributed by atoms with E-state index in [2.05, 4.69) is 10.6 Å². The fraction of sp³-hybridized carbons (Fsp3) is 0.211. The normalized spacial score (nSPS) is 14.4. The Morgan fingerprint density at radius 2 is 2.07 bits per heavy atom. The molecule has 1 atom stereocenters. The van der Waals surface area contributed by atoms with Gasteiger partial charge in [0.05, 0.1) is 11.3 Å². The largest absolute Gasteiger partial charge is 0.449 e. The van der Waals surface area contributed by atoms with Crippen LogP contribution in [-0.2, 0) is 14.3 Å². The molecule has 27 heavy (non-hydrogen) atoms. The molecular weight excluding hydrogens is 371 g/mol. The Labute approximate surface area is 159 Å². The molecule has 8 heteroatoms. The van der Waals surface area contributed by atoms with Crippen molar-refractivity contribution in [2.24, 2.45) is 0 Å². The summed E-state index contributed by atoms with van der Waals surface area (Å²) in [6.07, 6.45) is -0.681. The number of carbonyl (C=O) groups is 3. The second-order valence-corrected chi connectivity index (χ2v) is 7.04. The highest BCUT2D eigenvalue weighted by atomic mass is 32.2. The van der Waals surface area contributed by atoms with Crippen LogP contribution in [0.15, 0.2) is 47.4 Å². The number of halogens is 1. The molecule has 0 unspecified atom stereocenters. The number of rotatable bonds is 4. The van der Waals surface area contributed by atoms with Crippen LogP contribution in [0.25, 0.3) is 0 Å². The van der Waals surface area contributed by atoms with Crippen LogP contribution in [0, 0.1) is 5.82 Å². The lowest BCUT2D eigenvalue weighted by atomic mass is 10.2. The third kappa shape index (κ3) is 4.85. The van der Waals surface area contributed by atoms with Crippen molar-refractivity contribution in [1.82, 2.24) is 0 Å². The first-order valence-electron chi connectivity index (χ1n) is 8.26. The van der Waals surface area contributed by atoms with Gasteiger partial charge in [0.25, 0.3) is 5.91 Å². The molecular formula is C19H17FN2O4S. The maximum atomic E-state index is 13.2. The highest BCUT2D eigenvalue weighted by Gasteiger charge is 2.21. The fourth-order valence-corrected chi connectivity index (χ4v) is 3.38. The molecule has 0 saturated carbocycles. The number of hydrogen-bond acceptors (Lipinski definition) is 5. The molecule has 140 valence electrons. The van der Waals surface area contributed by atoms with Crippen molar-refractivity contribution in [3.8, 4) is 0 Å². The Hall–Kier alpha value is -2.87. The van der Waals surface area contributed by atoms with Gasteiger partial charge in [0.1, 0.15) is 5.82 Å². The van der Waals surface area contributed by atoms with Crippen LogP contribution in [0.5, 0.6) is 0 Å². The predicted molar refractivity (Wildman–Crippen MR) is 100 cm³/mol. The van der Waals surface area contributed by atoms with E-state index in [1.165, 1.54) is 49.0 Å². The first-order valence-corrected chi connectivity index (χ1v) is 9.25. The van der Waals surface area contributed by atoms with Gasteiger partial charge in [0.2, 0.25) is 5.91 Å². The highest BCUT2D eigenvalue weighted by molar-refractivity contribution is 7.99. The average molecular weight is 388 g/mol. The van der Waals surface area contributed by atoms with E-state index >= 15 is 0 Å². The van der Waals surface area contributed by atoms with Crippen LogP contribution in [0.1, 0.15) is 23.7 Å². The lowest BCUT2D eigenvalue weighted by molar-refractivity contribution is -0.123. The zero-order valence-electron chi connectivity index (χ0n) is 14.5. The quantitative estimate of drug-likeness (QED) is 0.784. The molecule has 1 aliphatic heterocycles. The van der Waals surface area contributed by atoms with E-state index in [0.717, 1.165) is 4.90 Å². The van der Waals surface area contributed by atoms with Gasteiger partial charge in [-0.15, -0.1) is 11.8 Å². The lowest BCUT2D eigenvalue weighted by Crippen LogP contribution is -2.30. The molecule has 0 fully saturated rings. The second kappa shape index (κ2) is 8.22. The standard InChI is InChI=1S/C19H17FN2O4S/c1-11(18(24)21-14-4-2-3-13(20)10-14)26-19(25)12-5-6-16-15(9-12)22-17(23)7-8-27-16/h2-6,9-11H,7-8H2,1H3,(H,21,24)(H,22,23)/t11-/m0/s1. The molecule has 3 rings (SSSR count).